The van der Waals surface area contributed by atoms with Crippen molar-refractivity contribution in [2.45, 2.75) is 58.3 Å². The van der Waals surface area contributed by atoms with Crippen molar-refractivity contribution in [2.75, 3.05) is 32.8 Å². The molecule has 0 unspecified atom stereocenters. The highest BCUT2D eigenvalue weighted by molar-refractivity contribution is 6.33. The zero-order chi connectivity index (χ0) is 27.6. The van der Waals surface area contributed by atoms with Crippen LogP contribution in [0.5, 0.6) is 11.5 Å². The van der Waals surface area contributed by atoms with Gasteiger partial charge in [0, 0.05) is 42.3 Å². The molecule has 0 spiro atoms. The predicted octanol–water partition coefficient (Wildman–Crippen LogP) is 4.60. The van der Waals surface area contributed by atoms with Crippen LogP contribution in [0.3, 0.4) is 0 Å². The highest BCUT2D eigenvalue weighted by atomic mass is 35.5. The van der Waals surface area contributed by atoms with Crippen LogP contribution >= 0.6 is 11.6 Å². The van der Waals surface area contributed by atoms with Crippen molar-refractivity contribution >= 4 is 29.3 Å². The van der Waals surface area contributed by atoms with Gasteiger partial charge in [0.05, 0.1) is 39.4 Å². The summed E-state index contributed by atoms with van der Waals surface area (Å²) in [6.45, 7) is 6.42. The Morgan fingerprint density at radius 1 is 1.29 bits per heavy atom. The van der Waals surface area contributed by atoms with Crippen LogP contribution in [-0.4, -0.2) is 60.8 Å². The molecule has 2 aliphatic rings. The standard InChI is InChI=1S/C27H33ClFN3O6/c1-27(2,3)38-21(33)10-16-14-37-9-8-19(16)30-25-23(29)18-13-32(26(34)22(18)24(28)31-25)12-15-6-7-17(35-4)11-20(15)36-5/h6-7,11,16,19H,8-10,12-14H2,1-5H3,(H,30,31)/t16-,19+/m0/s1. The lowest BCUT2D eigenvalue weighted by molar-refractivity contribution is -0.157. The van der Waals surface area contributed by atoms with Gasteiger partial charge in [0.1, 0.15) is 22.3 Å². The van der Waals surface area contributed by atoms with Crippen molar-refractivity contribution in [3.05, 3.63) is 45.9 Å². The molecule has 206 valence electrons. The van der Waals surface area contributed by atoms with Crippen LogP contribution in [0.4, 0.5) is 10.2 Å². The lowest BCUT2D eigenvalue weighted by atomic mass is 9.92. The summed E-state index contributed by atoms with van der Waals surface area (Å²) in [5.41, 5.74) is 0.370. The van der Waals surface area contributed by atoms with Crippen molar-refractivity contribution in [3.63, 3.8) is 0 Å². The molecule has 0 radical (unpaired) electrons. The second kappa shape index (κ2) is 11.3. The normalized spacial score (nSPS) is 19.2. The first-order valence-electron chi connectivity index (χ1n) is 12.4. The monoisotopic (exact) mass is 549 g/mol. The Bertz CT molecular complexity index is 1220. The van der Waals surface area contributed by atoms with Gasteiger partial charge < -0.3 is 29.2 Å². The van der Waals surface area contributed by atoms with E-state index in [0.717, 1.165) is 5.56 Å². The molecule has 9 nitrogen and oxygen atoms in total. The van der Waals surface area contributed by atoms with Crippen LogP contribution < -0.4 is 14.8 Å². The number of hydrogen-bond donors (Lipinski definition) is 1. The molecule has 38 heavy (non-hydrogen) atoms. The maximum absolute atomic E-state index is 15.7. The Balaban J connectivity index is 1.53. The molecule has 4 rings (SSSR count). The summed E-state index contributed by atoms with van der Waals surface area (Å²) in [6.07, 6.45) is 0.663. The number of ether oxygens (including phenoxy) is 4. The molecule has 0 bridgehead atoms. The van der Waals surface area contributed by atoms with Gasteiger partial charge in [0.25, 0.3) is 5.91 Å². The number of fused-ring (bicyclic) bond motifs is 1. The van der Waals surface area contributed by atoms with Gasteiger partial charge in [-0.3, -0.25) is 9.59 Å². The Morgan fingerprint density at radius 2 is 2.05 bits per heavy atom. The summed E-state index contributed by atoms with van der Waals surface area (Å²) in [5, 5.41) is 3.05. The number of rotatable bonds is 8. The van der Waals surface area contributed by atoms with E-state index in [1.807, 2.05) is 0 Å². The highest BCUT2D eigenvalue weighted by Gasteiger charge is 2.37. The van der Waals surface area contributed by atoms with E-state index < -0.39 is 17.3 Å². The van der Waals surface area contributed by atoms with E-state index in [1.165, 1.54) is 12.0 Å². The number of aromatic nitrogens is 1. The maximum atomic E-state index is 15.7. The molecule has 11 heteroatoms. The van der Waals surface area contributed by atoms with Crippen LogP contribution in [0.15, 0.2) is 18.2 Å². The van der Waals surface area contributed by atoms with E-state index in [-0.39, 0.29) is 59.5 Å². The van der Waals surface area contributed by atoms with Crippen LogP contribution in [0, 0.1) is 11.7 Å². The third kappa shape index (κ3) is 6.13. The summed E-state index contributed by atoms with van der Waals surface area (Å²) in [5.74, 6) is -0.516. The molecule has 0 aliphatic carbocycles. The van der Waals surface area contributed by atoms with E-state index in [2.05, 4.69) is 10.3 Å². The third-order valence-corrected chi connectivity index (χ3v) is 6.82. The number of nitrogens with one attached hydrogen (secondary N) is 1. The van der Waals surface area contributed by atoms with E-state index in [0.29, 0.717) is 31.1 Å². The Hall–Kier alpha value is -3.11. The fourth-order valence-electron chi connectivity index (χ4n) is 4.74. The quantitative estimate of drug-likeness (QED) is 0.377. The Labute approximate surface area is 226 Å². The van der Waals surface area contributed by atoms with Gasteiger partial charge in [0.15, 0.2) is 11.6 Å². The van der Waals surface area contributed by atoms with Gasteiger partial charge in [-0.1, -0.05) is 11.6 Å². The SMILES string of the molecule is COc1ccc(CN2Cc3c(F)c(N[C@@H]4CCOC[C@@H]4CC(=O)OC(C)(C)C)nc(Cl)c3C2=O)c(OC)c1. The first-order valence-corrected chi connectivity index (χ1v) is 12.8. The van der Waals surface area contributed by atoms with Crippen molar-refractivity contribution in [1.82, 2.24) is 9.88 Å². The molecule has 1 N–H and O–H groups in total. The van der Waals surface area contributed by atoms with Gasteiger partial charge in [-0.25, -0.2) is 9.37 Å². The van der Waals surface area contributed by atoms with E-state index in [1.54, 1.807) is 46.1 Å². The molecule has 2 aromatic rings. The molecule has 2 atom stereocenters. The number of amides is 1. The van der Waals surface area contributed by atoms with Crippen molar-refractivity contribution in [1.29, 1.82) is 0 Å². The minimum atomic E-state index is -0.635. The fraction of sp³-hybridized carbons (Fsp3) is 0.519. The minimum absolute atomic E-state index is 0.0290. The summed E-state index contributed by atoms with van der Waals surface area (Å²) < 4.78 is 37.4. The molecule has 1 aromatic carbocycles. The lowest BCUT2D eigenvalue weighted by Gasteiger charge is -2.33. The largest absolute Gasteiger partial charge is 0.497 e. The number of nitrogens with zero attached hydrogens (tertiary/aromatic N) is 2. The predicted molar refractivity (Wildman–Crippen MR) is 139 cm³/mol. The molecular weight excluding hydrogens is 517 g/mol. The van der Waals surface area contributed by atoms with Crippen LogP contribution in [-0.2, 0) is 27.4 Å². The zero-order valence-corrected chi connectivity index (χ0v) is 23.0. The number of pyridine rings is 1. The number of esters is 1. The van der Waals surface area contributed by atoms with Crippen LogP contribution in [0.2, 0.25) is 5.15 Å². The number of hydrogen-bond acceptors (Lipinski definition) is 8. The number of methoxy groups -OCH3 is 2. The maximum Gasteiger partial charge on any atom is 0.306 e. The summed E-state index contributed by atoms with van der Waals surface area (Å²) >= 11 is 6.41. The summed E-state index contributed by atoms with van der Waals surface area (Å²) in [4.78, 5) is 31.3. The van der Waals surface area contributed by atoms with E-state index >= 15 is 4.39 Å². The van der Waals surface area contributed by atoms with Gasteiger partial charge >= 0.3 is 5.97 Å². The number of anilines is 1. The molecule has 2 aliphatic heterocycles. The van der Waals surface area contributed by atoms with Crippen molar-refractivity contribution in [3.8, 4) is 11.5 Å². The molecule has 1 aromatic heterocycles. The average molecular weight is 550 g/mol. The van der Waals surface area contributed by atoms with Gasteiger partial charge in [-0.05, 0) is 39.3 Å². The highest BCUT2D eigenvalue weighted by Crippen LogP contribution is 2.36. The summed E-state index contributed by atoms with van der Waals surface area (Å²) in [7, 11) is 3.09. The second-order valence-corrected chi connectivity index (χ2v) is 10.8. The molecular formula is C27H33ClFN3O6. The van der Waals surface area contributed by atoms with Crippen LogP contribution in [0.1, 0.15) is 55.1 Å². The number of benzene rings is 1. The van der Waals surface area contributed by atoms with Crippen molar-refractivity contribution < 1.29 is 32.9 Å². The molecule has 1 amide bonds. The number of halogens is 2. The topological polar surface area (TPSA) is 99.2 Å². The Morgan fingerprint density at radius 3 is 2.74 bits per heavy atom. The second-order valence-electron chi connectivity index (χ2n) is 10.4. The van der Waals surface area contributed by atoms with E-state index in [4.69, 9.17) is 30.5 Å². The summed E-state index contributed by atoms with van der Waals surface area (Å²) in [6, 6.07) is 5.00. The first-order chi connectivity index (χ1) is 18.0. The smallest absolute Gasteiger partial charge is 0.306 e. The van der Waals surface area contributed by atoms with E-state index in [9.17, 15) is 9.59 Å². The number of carbonyl (C=O) groups is 2. The number of carbonyl (C=O) groups excluding carboxylic acids is 2. The minimum Gasteiger partial charge on any atom is -0.497 e. The zero-order valence-electron chi connectivity index (χ0n) is 22.2. The Kier molecular flexibility index (Phi) is 8.32. The van der Waals surface area contributed by atoms with Crippen LogP contribution in [0.25, 0.3) is 0 Å². The molecule has 1 saturated heterocycles. The molecule has 0 saturated carbocycles. The van der Waals surface area contributed by atoms with Gasteiger partial charge in [0.2, 0.25) is 0 Å². The first kappa shape index (κ1) is 27.9. The van der Waals surface area contributed by atoms with Crippen molar-refractivity contribution in [2.24, 2.45) is 5.92 Å². The average Bonchev–Trinajstić information content (AvgIpc) is 3.19. The fourth-order valence-corrected chi connectivity index (χ4v) is 5.02. The van der Waals surface area contributed by atoms with Gasteiger partial charge in [-0.2, -0.15) is 0 Å². The third-order valence-electron chi connectivity index (χ3n) is 6.54. The molecule has 1 fully saturated rings. The van der Waals surface area contributed by atoms with Gasteiger partial charge in [-0.15, -0.1) is 0 Å². The molecule has 3 heterocycles. The lowest BCUT2D eigenvalue weighted by Crippen LogP contribution is -2.40.